The van der Waals surface area contributed by atoms with E-state index >= 15 is 0 Å². The van der Waals surface area contributed by atoms with Crippen molar-refractivity contribution in [2.45, 2.75) is 20.5 Å². The standard InChI is InChI=1S/C14H18N4O/c1-10-5-4-6-13(18(3)15)12(10)9-19-14-8-16-7-11(2)17-14/h4-8H,9,15H2,1-3H3. The predicted octanol–water partition coefficient (Wildman–Crippen LogP) is 1.98. The van der Waals surface area contributed by atoms with Crippen molar-refractivity contribution < 1.29 is 4.74 Å². The van der Waals surface area contributed by atoms with Gasteiger partial charge in [-0.1, -0.05) is 12.1 Å². The fraction of sp³-hybridized carbons (Fsp3) is 0.286. The van der Waals surface area contributed by atoms with E-state index < -0.39 is 0 Å². The van der Waals surface area contributed by atoms with Gasteiger partial charge in [0.15, 0.2) is 0 Å². The number of benzene rings is 1. The minimum atomic E-state index is 0.418. The van der Waals surface area contributed by atoms with Crippen molar-refractivity contribution in [1.29, 1.82) is 0 Å². The first kappa shape index (κ1) is 13.3. The molecule has 0 aliphatic carbocycles. The number of hydrogen-bond donors (Lipinski definition) is 1. The first-order chi connectivity index (χ1) is 9.08. The molecule has 0 unspecified atom stereocenters. The molecule has 0 bridgehead atoms. The second-order valence-electron chi connectivity index (χ2n) is 4.47. The second kappa shape index (κ2) is 5.67. The van der Waals surface area contributed by atoms with Gasteiger partial charge in [-0.25, -0.2) is 10.8 Å². The van der Waals surface area contributed by atoms with Crippen LogP contribution in [0, 0.1) is 13.8 Å². The fourth-order valence-corrected chi connectivity index (χ4v) is 1.86. The summed E-state index contributed by atoms with van der Waals surface area (Å²) in [5.74, 6) is 6.35. The van der Waals surface area contributed by atoms with Crippen LogP contribution >= 0.6 is 0 Å². The minimum absolute atomic E-state index is 0.418. The highest BCUT2D eigenvalue weighted by molar-refractivity contribution is 5.54. The maximum atomic E-state index is 5.83. The van der Waals surface area contributed by atoms with E-state index in [9.17, 15) is 0 Å². The van der Waals surface area contributed by atoms with Crippen molar-refractivity contribution in [3.8, 4) is 5.88 Å². The lowest BCUT2D eigenvalue weighted by molar-refractivity contribution is 0.291. The first-order valence-electron chi connectivity index (χ1n) is 6.06. The summed E-state index contributed by atoms with van der Waals surface area (Å²) >= 11 is 0. The lowest BCUT2D eigenvalue weighted by atomic mass is 10.1. The molecule has 0 aliphatic rings. The molecular weight excluding hydrogens is 240 g/mol. The molecular formula is C14H18N4O. The molecule has 0 aliphatic heterocycles. The molecule has 0 radical (unpaired) electrons. The van der Waals surface area contributed by atoms with E-state index in [2.05, 4.69) is 9.97 Å². The Labute approximate surface area is 113 Å². The van der Waals surface area contributed by atoms with E-state index in [-0.39, 0.29) is 0 Å². The molecule has 100 valence electrons. The maximum Gasteiger partial charge on any atom is 0.232 e. The van der Waals surface area contributed by atoms with Gasteiger partial charge in [-0.2, -0.15) is 0 Å². The van der Waals surface area contributed by atoms with E-state index in [0.29, 0.717) is 12.5 Å². The number of aromatic nitrogens is 2. The topological polar surface area (TPSA) is 64.3 Å². The van der Waals surface area contributed by atoms with Crippen LogP contribution in [-0.2, 0) is 6.61 Å². The molecule has 2 aromatic rings. The van der Waals surface area contributed by atoms with Crippen molar-refractivity contribution in [3.05, 3.63) is 47.4 Å². The summed E-state index contributed by atoms with van der Waals surface area (Å²) in [6.45, 7) is 4.34. The van der Waals surface area contributed by atoms with Gasteiger partial charge in [0.25, 0.3) is 0 Å². The van der Waals surface area contributed by atoms with Crippen molar-refractivity contribution in [1.82, 2.24) is 9.97 Å². The SMILES string of the molecule is Cc1cncc(OCc2c(C)cccc2N(C)N)n1. The van der Waals surface area contributed by atoms with Crippen LogP contribution in [0.1, 0.15) is 16.8 Å². The molecule has 5 nitrogen and oxygen atoms in total. The minimum Gasteiger partial charge on any atom is -0.472 e. The van der Waals surface area contributed by atoms with Crippen LogP contribution in [0.2, 0.25) is 0 Å². The highest BCUT2D eigenvalue weighted by atomic mass is 16.5. The summed E-state index contributed by atoms with van der Waals surface area (Å²) in [5.41, 5.74) is 3.96. The Morgan fingerprint density at radius 1 is 1.26 bits per heavy atom. The van der Waals surface area contributed by atoms with Crippen LogP contribution in [-0.4, -0.2) is 17.0 Å². The molecule has 1 aromatic carbocycles. The van der Waals surface area contributed by atoms with Gasteiger partial charge in [-0.15, -0.1) is 0 Å². The molecule has 2 rings (SSSR count). The lowest BCUT2D eigenvalue weighted by Crippen LogP contribution is -2.26. The average molecular weight is 258 g/mol. The van der Waals surface area contributed by atoms with Gasteiger partial charge in [0.2, 0.25) is 5.88 Å². The van der Waals surface area contributed by atoms with E-state index in [1.165, 1.54) is 0 Å². The van der Waals surface area contributed by atoms with Crippen LogP contribution in [0.5, 0.6) is 5.88 Å². The molecule has 5 heteroatoms. The van der Waals surface area contributed by atoms with E-state index in [1.807, 2.05) is 39.1 Å². The largest absolute Gasteiger partial charge is 0.472 e. The van der Waals surface area contributed by atoms with Crippen LogP contribution < -0.4 is 15.6 Å². The molecule has 0 saturated heterocycles. The zero-order valence-electron chi connectivity index (χ0n) is 11.4. The summed E-state index contributed by atoms with van der Waals surface area (Å²) in [5, 5.41) is 1.59. The lowest BCUT2D eigenvalue weighted by Gasteiger charge is -2.19. The van der Waals surface area contributed by atoms with Gasteiger partial charge in [-0.3, -0.25) is 4.98 Å². The molecule has 0 atom stereocenters. The number of ether oxygens (including phenoxy) is 1. The Morgan fingerprint density at radius 3 is 2.74 bits per heavy atom. The van der Waals surface area contributed by atoms with Crippen LogP contribution in [0.15, 0.2) is 30.6 Å². The summed E-state index contributed by atoms with van der Waals surface area (Å²) in [6.07, 6.45) is 3.30. The number of aryl methyl sites for hydroxylation is 2. The molecule has 19 heavy (non-hydrogen) atoms. The number of rotatable bonds is 4. The second-order valence-corrected chi connectivity index (χ2v) is 4.47. The van der Waals surface area contributed by atoms with Gasteiger partial charge < -0.3 is 9.75 Å². The Bertz CT molecular complexity index is 569. The van der Waals surface area contributed by atoms with E-state index in [0.717, 1.165) is 22.5 Å². The predicted molar refractivity (Wildman–Crippen MR) is 74.9 cm³/mol. The molecule has 0 amide bonds. The Morgan fingerprint density at radius 2 is 2.05 bits per heavy atom. The third kappa shape index (κ3) is 3.20. The molecule has 2 N–H and O–H groups in total. The van der Waals surface area contributed by atoms with E-state index in [4.69, 9.17) is 10.6 Å². The molecule has 1 heterocycles. The fourth-order valence-electron chi connectivity index (χ4n) is 1.86. The van der Waals surface area contributed by atoms with Crippen molar-refractivity contribution >= 4 is 5.69 Å². The Balaban J connectivity index is 2.19. The summed E-state index contributed by atoms with van der Waals surface area (Å²) in [6, 6.07) is 5.98. The van der Waals surface area contributed by atoms with E-state index in [1.54, 1.807) is 17.4 Å². The highest BCUT2D eigenvalue weighted by Gasteiger charge is 2.09. The normalized spacial score (nSPS) is 10.3. The summed E-state index contributed by atoms with van der Waals surface area (Å²) in [7, 11) is 1.81. The van der Waals surface area contributed by atoms with Crippen LogP contribution in [0.3, 0.4) is 0 Å². The Hall–Kier alpha value is -2.14. The molecule has 0 spiro atoms. The van der Waals surface area contributed by atoms with Crippen molar-refractivity contribution in [2.75, 3.05) is 12.1 Å². The van der Waals surface area contributed by atoms with Crippen molar-refractivity contribution in [2.24, 2.45) is 5.84 Å². The van der Waals surface area contributed by atoms with Gasteiger partial charge in [0.1, 0.15) is 6.61 Å². The molecule has 0 fully saturated rings. The third-order valence-electron chi connectivity index (χ3n) is 2.86. The summed E-state index contributed by atoms with van der Waals surface area (Å²) in [4.78, 5) is 8.32. The quantitative estimate of drug-likeness (QED) is 0.671. The van der Waals surface area contributed by atoms with Crippen LogP contribution in [0.4, 0.5) is 5.69 Å². The van der Waals surface area contributed by atoms with Gasteiger partial charge >= 0.3 is 0 Å². The number of hydrogen-bond acceptors (Lipinski definition) is 5. The van der Waals surface area contributed by atoms with Crippen LogP contribution in [0.25, 0.3) is 0 Å². The van der Waals surface area contributed by atoms with Crippen molar-refractivity contribution in [3.63, 3.8) is 0 Å². The zero-order valence-corrected chi connectivity index (χ0v) is 11.4. The monoisotopic (exact) mass is 258 g/mol. The zero-order chi connectivity index (χ0) is 13.8. The molecule has 1 aromatic heterocycles. The number of anilines is 1. The van der Waals surface area contributed by atoms with Gasteiger partial charge in [-0.05, 0) is 25.5 Å². The number of nitrogens with zero attached hydrogens (tertiary/aromatic N) is 3. The number of nitrogens with two attached hydrogens (primary N) is 1. The van der Waals surface area contributed by atoms with Gasteiger partial charge in [0, 0.05) is 18.8 Å². The Kier molecular flexibility index (Phi) is 3.97. The average Bonchev–Trinajstić information content (AvgIpc) is 2.37. The highest BCUT2D eigenvalue weighted by Crippen LogP contribution is 2.22. The van der Waals surface area contributed by atoms with Gasteiger partial charge in [0.05, 0.1) is 17.6 Å². The first-order valence-corrected chi connectivity index (χ1v) is 6.06. The third-order valence-corrected chi connectivity index (χ3v) is 2.86. The number of hydrazine groups is 1. The molecule has 0 saturated carbocycles. The maximum absolute atomic E-state index is 5.83. The summed E-state index contributed by atoms with van der Waals surface area (Å²) < 4.78 is 5.69. The smallest absolute Gasteiger partial charge is 0.232 e.